The summed E-state index contributed by atoms with van der Waals surface area (Å²) in [6.45, 7) is 1.46. The molecule has 0 radical (unpaired) electrons. The minimum atomic E-state index is -0.286. The summed E-state index contributed by atoms with van der Waals surface area (Å²) in [5.74, 6) is 0.0666. The largest absolute Gasteiger partial charge is 0.381 e. The minimum Gasteiger partial charge on any atom is -0.381 e. The molecule has 2 saturated heterocycles. The number of hydrogen-bond donors (Lipinski definition) is 1. The molecule has 2 heterocycles. The first-order valence-electron chi connectivity index (χ1n) is 4.29. The normalized spacial score (nSPS) is 33.7. The molecule has 1 atom stereocenters. The Morgan fingerprint density at radius 3 is 2.67 bits per heavy atom. The van der Waals surface area contributed by atoms with Gasteiger partial charge >= 0.3 is 0 Å². The van der Waals surface area contributed by atoms with E-state index in [-0.39, 0.29) is 17.5 Å². The van der Waals surface area contributed by atoms with Crippen LogP contribution in [-0.4, -0.2) is 42.6 Å². The Morgan fingerprint density at radius 1 is 1.58 bits per heavy atom. The smallest absolute Gasteiger partial charge is 0.242 e. The molecule has 0 aliphatic carbocycles. The van der Waals surface area contributed by atoms with Gasteiger partial charge in [-0.05, 0) is 12.8 Å². The number of likely N-dealkylation sites (N-methyl/N-ethyl adjacent to an activating group) is 1. The van der Waals surface area contributed by atoms with E-state index in [1.54, 1.807) is 4.90 Å². The van der Waals surface area contributed by atoms with Gasteiger partial charge in [0, 0.05) is 20.3 Å². The third-order valence-corrected chi connectivity index (χ3v) is 3.20. The molecular formula is C8H14N2O2. The summed E-state index contributed by atoms with van der Waals surface area (Å²) in [4.78, 5) is 13.0. The molecule has 0 aromatic heterocycles. The Morgan fingerprint density at radius 2 is 2.17 bits per heavy atom. The van der Waals surface area contributed by atoms with E-state index in [0.29, 0.717) is 0 Å². The number of carbonyl (C=O) groups is 1. The summed E-state index contributed by atoms with van der Waals surface area (Å²) >= 11 is 0. The van der Waals surface area contributed by atoms with Gasteiger partial charge in [-0.3, -0.25) is 4.79 Å². The van der Waals surface area contributed by atoms with E-state index in [1.807, 2.05) is 7.05 Å². The molecule has 4 heteroatoms. The van der Waals surface area contributed by atoms with E-state index in [1.165, 1.54) is 0 Å². The van der Waals surface area contributed by atoms with Gasteiger partial charge in [0.25, 0.3) is 0 Å². The zero-order valence-electron chi connectivity index (χ0n) is 7.25. The van der Waals surface area contributed by atoms with Gasteiger partial charge < -0.3 is 15.4 Å². The van der Waals surface area contributed by atoms with Gasteiger partial charge in [0.2, 0.25) is 5.91 Å². The van der Waals surface area contributed by atoms with Crippen molar-refractivity contribution in [2.45, 2.75) is 24.4 Å². The number of ether oxygens (including phenoxy) is 1. The Bertz CT molecular complexity index is 197. The first-order chi connectivity index (χ1) is 5.68. The Balaban J connectivity index is 2.15. The van der Waals surface area contributed by atoms with Gasteiger partial charge in [-0.1, -0.05) is 0 Å². The quantitative estimate of drug-likeness (QED) is 0.491. The van der Waals surface area contributed by atoms with Crippen LogP contribution >= 0.6 is 0 Å². The monoisotopic (exact) mass is 170 g/mol. The first-order valence-corrected chi connectivity index (χ1v) is 4.29. The maximum Gasteiger partial charge on any atom is 0.242 e. The highest BCUT2D eigenvalue weighted by molar-refractivity contribution is 5.90. The summed E-state index contributed by atoms with van der Waals surface area (Å²) in [7, 11) is 1.83. The summed E-state index contributed by atoms with van der Waals surface area (Å²) in [5, 5.41) is 0. The number of rotatable bonds is 0. The van der Waals surface area contributed by atoms with Crippen molar-refractivity contribution in [1.82, 2.24) is 4.90 Å². The van der Waals surface area contributed by atoms with Crippen molar-refractivity contribution >= 4 is 5.91 Å². The molecule has 0 unspecified atom stereocenters. The fraction of sp³-hybridized carbons (Fsp3) is 0.875. The molecule has 2 fully saturated rings. The van der Waals surface area contributed by atoms with Crippen molar-refractivity contribution in [2.24, 2.45) is 5.73 Å². The Labute approximate surface area is 71.7 Å². The summed E-state index contributed by atoms with van der Waals surface area (Å²) < 4.78 is 5.24. The van der Waals surface area contributed by atoms with Crippen molar-refractivity contribution in [3.8, 4) is 0 Å². The molecule has 0 aromatic carbocycles. The molecule has 2 aliphatic rings. The van der Waals surface area contributed by atoms with Crippen LogP contribution in [0, 0.1) is 0 Å². The van der Waals surface area contributed by atoms with Crippen LogP contribution in [0.2, 0.25) is 0 Å². The van der Waals surface area contributed by atoms with E-state index >= 15 is 0 Å². The van der Waals surface area contributed by atoms with E-state index < -0.39 is 0 Å². The lowest BCUT2D eigenvalue weighted by Crippen LogP contribution is -2.77. The predicted octanol–water partition coefficient (Wildman–Crippen LogP) is -0.665. The zero-order valence-corrected chi connectivity index (χ0v) is 7.25. The van der Waals surface area contributed by atoms with Gasteiger partial charge in [0.15, 0.2) is 0 Å². The summed E-state index contributed by atoms with van der Waals surface area (Å²) in [5.41, 5.74) is 5.70. The van der Waals surface area contributed by atoms with Crippen LogP contribution in [0.5, 0.6) is 0 Å². The minimum absolute atomic E-state index is 0.0666. The second-order valence-corrected chi connectivity index (χ2v) is 3.59. The standard InChI is InChI=1S/C8H14N2O2/c1-10-7(11)6(9)8(10)2-4-12-5-3-8/h6H,2-5,9H2,1H3/t6-/m1/s1. The third-order valence-electron chi connectivity index (χ3n) is 3.20. The van der Waals surface area contributed by atoms with Crippen LogP contribution < -0.4 is 5.73 Å². The molecule has 2 aliphatic heterocycles. The number of carbonyl (C=O) groups excluding carboxylic acids is 1. The highest BCUT2D eigenvalue weighted by Crippen LogP contribution is 2.37. The van der Waals surface area contributed by atoms with Crippen LogP contribution in [0.3, 0.4) is 0 Å². The van der Waals surface area contributed by atoms with E-state index in [2.05, 4.69) is 0 Å². The molecule has 0 bridgehead atoms. The average molecular weight is 170 g/mol. The van der Waals surface area contributed by atoms with E-state index in [4.69, 9.17) is 10.5 Å². The van der Waals surface area contributed by atoms with Crippen LogP contribution in [0.25, 0.3) is 0 Å². The molecule has 1 amide bonds. The van der Waals surface area contributed by atoms with Gasteiger partial charge in [0.05, 0.1) is 5.54 Å². The second kappa shape index (κ2) is 2.44. The maximum atomic E-state index is 11.2. The highest BCUT2D eigenvalue weighted by atomic mass is 16.5. The molecule has 12 heavy (non-hydrogen) atoms. The lowest BCUT2D eigenvalue weighted by molar-refractivity contribution is -0.167. The van der Waals surface area contributed by atoms with Crippen LogP contribution in [0.4, 0.5) is 0 Å². The number of hydrogen-bond acceptors (Lipinski definition) is 3. The fourth-order valence-corrected chi connectivity index (χ4v) is 2.17. The lowest BCUT2D eigenvalue weighted by Gasteiger charge is -2.56. The maximum absolute atomic E-state index is 11.2. The molecule has 0 aromatic rings. The Hall–Kier alpha value is -0.610. The second-order valence-electron chi connectivity index (χ2n) is 3.59. The molecule has 68 valence electrons. The molecular weight excluding hydrogens is 156 g/mol. The van der Waals surface area contributed by atoms with E-state index in [0.717, 1.165) is 26.1 Å². The molecule has 1 spiro atoms. The van der Waals surface area contributed by atoms with Gasteiger partial charge in [0.1, 0.15) is 6.04 Å². The summed E-state index contributed by atoms with van der Waals surface area (Å²) in [6, 6.07) is -0.286. The van der Waals surface area contributed by atoms with Gasteiger partial charge in [-0.15, -0.1) is 0 Å². The number of amides is 1. The third kappa shape index (κ3) is 0.765. The first kappa shape index (κ1) is 8.01. The van der Waals surface area contributed by atoms with Crippen LogP contribution in [0.15, 0.2) is 0 Å². The number of nitrogens with zero attached hydrogens (tertiary/aromatic N) is 1. The predicted molar refractivity (Wildman–Crippen MR) is 43.5 cm³/mol. The Kier molecular flexibility index (Phi) is 1.63. The van der Waals surface area contributed by atoms with Crippen LogP contribution in [-0.2, 0) is 9.53 Å². The SMILES string of the molecule is CN1C(=O)[C@@H](N)C12CCOCC2. The number of β-lactam (4-membered cyclic amide) rings is 1. The van der Waals surface area contributed by atoms with Crippen molar-refractivity contribution in [1.29, 1.82) is 0 Å². The van der Waals surface area contributed by atoms with Gasteiger partial charge in [-0.2, -0.15) is 0 Å². The summed E-state index contributed by atoms with van der Waals surface area (Å²) in [6.07, 6.45) is 1.77. The van der Waals surface area contributed by atoms with Crippen molar-refractivity contribution in [2.75, 3.05) is 20.3 Å². The number of nitrogens with two attached hydrogens (primary N) is 1. The van der Waals surface area contributed by atoms with Crippen LogP contribution in [0.1, 0.15) is 12.8 Å². The van der Waals surface area contributed by atoms with E-state index in [9.17, 15) is 4.79 Å². The van der Waals surface area contributed by atoms with Gasteiger partial charge in [-0.25, -0.2) is 0 Å². The molecule has 4 nitrogen and oxygen atoms in total. The molecule has 2 rings (SSSR count). The molecule has 0 saturated carbocycles. The highest BCUT2D eigenvalue weighted by Gasteiger charge is 2.56. The number of likely N-dealkylation sites (tertiary alicyclic amines) is 1. The van der Waals surface area contributed by atoms with Crippen molar-refractivity contribution in [3.63, 3.8) is 0 Å². The zero-order chi connectivity index (χ0) is 8.77. The topological polar surface area (TPSA) is 55.6 Å². The fourth-order valence-electron chi connectivity index (χ4n) is 2.17. The van der Waals surface area contributed by atoms with Crippen molar-refractivity contribution in [3.05, 3.63) is 0 Å². The van der Waals surface area contributed by atoms with Crippen molar-refractivity contribution < 1.29 is 9.53 Å². The average Bonchev–Trinajstić information content (AvgIpc) is 2.16. The molecule has 2 N–H and O–H groups in total. The lowest BCUT2D eigenvalue weighted by atomic mass is 9.74.